The van der Waals surface area contributed by atoms with Crippen LogP contribution in [0.5, 0.6) is 0 Å². The summed E-state index contributed by atoms with van der Waals surface area (Å²) in [5.41, 5.74) is 13.6. The van der Waals surface area contributed by atoms with Crippen molar-refractivity contribution in [3.05, 3.63) is 47.7 Å². The van der Waals surface area contributed by atoms with Gasteiger partial charge in [0.1, 0.15) is 5.82 Å². The molecular formula is C13H18N4O2S. The molecule has 0 spiro atoms. The molecule has 20 heavy (non-hydrogen) atoms. The van der Waals surface area contributed by atoms with Crippen LogP contribution in [0, 0.1) is 13.8 Å². The maximum Gasteiger partial charge on any atom is 0.238 e. The molecule has 1 aromatic heterocycles. The van der Waals surface area contributed by atoms with Crippen LogP contribution in [0.15, 0.2) is 41.4 Å². The molecule has 0 aliphatic rings. The van der Waals surface area contributed by atoms with Crippen molar-refractivity contribution in [3.63, 3.8) is 0 Å². The van der Waals surface area contributed by atoms with E-state index < -0.39 is 10.0 Å². The van der Waals surface area contributed by atoms with Gasteiger partial charge in [-0.2, -0.15) is 0 Å². The highest BCUT2D eigenvalue weighted by Gasteiger charge is 2.05. The number of hydrogen-bond donors (Lipinski definition) is 3. The average molecular weight is 294 g/mol. The SMILES string of the molecule is Cc1ccnc(N)c1C.Nc1ccc(S(N)(=O)=O)cc1. The van der Waals surface area contributed by atoms with Crippen LogP contribution in [0.1, 0.15) is 11.1 Å². The third-order valence-electron chi connectivity index (χ3n) is 2.72. The van der Waals surface area contributed by atoms with Gasteiger partial charge in [0.25, 0.3) is 0 Å². The fourth-order valence-electron chi connectivity index (χ4n) is 1.31. The van der Waals surface area contributed by atoms with Crippen LogP contribution < -0.4 is 16.6 Å². The van der Waals surface area contributed by atoms with Crippen LogP contribution >= 0.6 is 0 Å². The molecule has 0 saturated heterocycles. The Morgan fingerprint density at radius 1 is 1.00 bits per heavy atom. The zero-order valence-electron chi connectivity index (χ0n) is 11.4. The quantitative estimate of drug-likeness (QED) is 0.681. The van der Waals surface area contributed by atoms with E-state index in [0.717, 1.165) is 5.56 Å². The monoisotopic (exact) mass is 294 g/mol. The van der Waals surface area contributed by atoms with Gasteiger partial charge in [-0.05, 0) is 55.3 Å². The van der Waals surface area contributed by atoms with Gasteiger partial charge in [-0.15, -0.1) is 0 Å². The largest absolute Gasteiger partial charge is 0.399 e. The lowest BCUT2D eigenvalue weighted by Gasteiger charge is -1.99. The summed E-state index contributed by atoms with van der Waals surface area (Å²) in [6, 6.07) is 7.65. The Hall–Kier alpha value is -2.12. The van der Waals surface area contributed by atoms with Gasteiger partial charge < -0.3 is 11.5 Å². The van der Waals surface area contributed by atoms with E-state index in [1.807, 2.05) is 19.9 Å². The first kappa shape index (κ1) is 15.9. The summed E-state index contributed by atoms with van der Waals surface area (Å²) >= 11 is 0. The molecule has 1 aromatic carbocycles. The number of primary sulfonamides is 1. The number of nitrogens with zero attached hydrogens (tertiary/aromatic N) is 1. The lowest BCUT2D eigenvalue weighted by atomic mass is 10.2. The minimum Gasteiger partial charge on any atom is -0.399 e. The van der Waals surface area contributed by atoms with E-state index >= 15 is 0 Å². The van der Waals surface area contributed by atoms with Crippen LogP contribution in [-0.2, 0) is 10.0 Å². The van der Waals surface area contributed by atoms with E-state index in [1.54, 1.807) is 6.20 Å². The molecule has 0 aliphatic carbocycles. The van der Waals surface area contributed by atoms with Crippen molar-refractivity contribution in [2.24, 2.45) is 5.14 Å². The molecule has 0 aliphatic heterocycles. The van der Waals surface area contributed by atoms with Gasteiger partial charge in [0, 0.05) is 11.9 Å². The third kappa shape index (κ3) is 4.52. The van der Waals surface area contributed by atoms with Crippen molar-refractivity contribution in [2.45, 2.75) is 18.7 Å². The summed E-state index contributed by atoms with van der Waals surface area (Å²) in [4.78, 5) is 3.99. The van der Waals surface area contributed by atoms with Gasteiger partial charge in [-0.25, -0.2) is 18.5 Å². The molecule has 0 fully saturated rings. The molecule has 2 aromatic rings. The molecule has 0 atom stereocenters. The second kappa shape index (κ2) is 6.36. The molecule has 6 N–H and O–H groups in total. The molecule has 0 radical (unpaired) electrons. The highest BCUT2D eigenvalue weighted by Crippen LogP contribution is 2.10. The van der Waals surface area contributed by atoms with Gasteiger partial charge in [0.15, 0.2) is 0 Å². The van der Waals surface area contributed by atoms with Crippen LogP contribution in [0.4, 0.5) is 11.5 Å². The lowest BCUT2D eigenvalue weighted by Crippen LogP contribution is -2.11. The fraction of sp³-hybridized carbons (Fsp3) is 0.154. The summed E-state index contributed by atoms with van der Waals surface area (Å²) in [5.74, 6) is 0.634. The number of aromatic nitrogens is 1. The Bertz CT molecular complexity index is 662. The average Bonchev–Trinajstić information content (AvgIpc) is 2.36. The second-order valence-corrected chi connectivity index (χ2v) is 5.81. The number of rotatable bonds is 1. The number of aryl methyl sites for hydroxylation is 1. The third-order valence-corrected chi connectivity index (χ3v) is 3.65. The summed E-state index contributed by atoms with van der Waals surface area (Å²) < 4.78 is 21.4. The first-order chi connectivity index (χ1) is 9.21. The molecule has 0 saturated carbocycles. The van der Waals surface area contributed by atoms with E-state index in [1.165, 1.54) is 29.8 Å². The van der Waals surface area contributed by atoms with Crippen LogP contribution in [0.2, 0.25) is 0 Å². The first-order valence-electron chi connectivity index (χ1n) is 5.78. The fourth-order valence-corrected chi connectivity index (χ4v) is 1.83. The molecule has 6 nitrogen and oxygen atoms in total. The maximum atomic E-state index is 10.7. The summed E-state index contributed by atoms with van der Waals surface area (Å²) in [6.45, 7) is 3.99. The van der Waals surface area contributed by atoms with Crippen molar-refractivity contribution in [1.29, 1.82) is 0 Å². The number of nitrogen functional groups attached to an aromatic ring is 2. The Balaban J connectivity index is 0.000000204. The van der Waals surface area contributed by atoms with Crippen LogP contribution in [0.25, 0.3) is 0 Å². The molecular weight excluding hydrogens is 276 g/mol. The zero-order chi connectivity index (χ0) is 15.3. The summed E-state index contributed by atoms with van der Waals surface area (Å²) in [6.07, 6.45) is 1.72. The van der Waals surface area contributed by atoms with Crippen molar-refractivity contribution >= 4 is 21.5 Å². The number of sulfonamides is 1. The Morgan fingerprint density at radius 3 is 1.95 bits per heavy atom. The lowest BCUT2D eigenvalue weighted by molar-refractivity contribution is 0.598. The minimum absolute atomic E-state index is 0.0756. The first-order valence-corrected chi connectivity index (χ1v) is 7.32. The Morgan fingerprint density at radius 2 is 1.55 bits per heavy atom. The van der Waals surface area contributed by atoms with Gasteiger partial charge in [0.05, 0.1) is 4.90 Å². The van der Waals surface area contributed by atoms with Gasteiger partial charge in [-0.1, -0.05) is 0 Å². The summed E-state index contributed by atoms with van der Waals surface area (Å²) in [7, 11) is -3.58. The molecule has 1 heterocycles. The Labute approximate surface area is 118 Å². The molecule has 0 amide bonds. The zero-order valence-corrected chi connectivity index (χ0v) is 12.2. The van der Waals surface area contributed by atoms with E-state index in [2.05, 4.69) is 4.98 Å². The van der Waals surface area contributed by atoms with Gasteiger partial charge >= 0.3 is 0 Å². The predicted molar refractivity (Wildman–Crippen MR) is 80.4 cm³/mol. The highest BCUT2D eigenvalue weighted by atomic mass is 32.2. The molecule has 108 valence electrons. The van der Waals surface area contributed by atoms with Crippen molar-refractivity contribution in [3.8, 4) is 0 Å². The summed E-state index contributed by atoms with van der Waals surface area (Å²) in [5, 5.41) is 4.84. The standard InChI is InChI=1S/C7H10N2.C6H8N2O2S/c1-5-3-4-9-7(8)6(5)2;7-5-1-3-6(4-2-5)11(8,9)10/h3-4H,1-2H3,(H2,8,9);1-4H,7H2,(H2,8,9,10). The normalized spacial score (nSPS) is 10.6. The number of hydrogen-bond acceptors (Lipinski definition) is 5. The van der Waals surface area contributed by atoms with E-state index in [4.69, 9.17) is 16.6 Å². The van der Waals surface area contributed by atoms with Gasteiger partial charge in [0.2, 0.25) is 10.0 Å². The molecule has 0 unspecified atom stereocenters. The highest BCUT2D eigenvalue weighted by molar-refractivity contribution is 7.89. The minimum atomic E-state index is -3.58. The van der Waals surface area contributed by atoms with Crippen molar-refractivity contribution in [1.82, 2.24) is 4.98 Å². The van der Waals surface area contributed by atoms with Gasteiger partial charge in [-0.3, -0.25) is 0 Å². The topological polar surface area (TPSA) is 125 Å². The van der Waals surface area contributed by atoms with E-state index in [-0.39, 0.29) is 4.90 Å². The van der Waals surface area contributed by atoms with Crippen LogP contribution in [0.3, 0.4) is 0 Å². The molecule has 7 heteroatoms. The smallest absolute Gasteiger partial charge is 0.238 e. The second-order valence-electron chi connectivity index (χ2n) is 4.25. The maximum absolute atomic E-state index is 10.7. The number of benzene rings is 1. The molecule has 2 rings (SSSR count). The van der Waals surface area contributed by atoms with Crippen molar-refractivity contribution in [2.75, 3.05) is 11.5 Å². The number of nitrogens with two attached hydrogens (primary N) is 3. The number of anilines is 2. The Kier molecular flexibility index (Phi) is 5.06. The molecule has 0 bridgehead atoms. The van der Waals surface area contributed by atoms with E-state index in [9.17, 15) is 8.42 Å². The predicted octanol–water partition coefficient (Wildman–Crippen LogP) is 1.20. The van der Waals surface area contributed by atoms with Crippen LogP contribution in [-0.4, -0.2) is 13.4 Å². The van der Waals surface area contributed by atoms with E-state index in [0.29, 0.717) is 11.5 Å². The van der Waals surface area contributed by atoms with Crippen molar-refractivity contribution < 1.29 is 8.42 Å². The number of pyridine rings is 1.